The molecule has 1 atom stereocenters. The van der Waals surface area contributed by atoms with E-state index in [1.807, 2.05) is 6.08 Å². The van der Waals surface area contributed by atoms with Gasteiger partial charge >= 0.3 is 0 Å². The van der Waals surface area contributed by atoms with E-state index in [1.54, 1.807) is 0 Å². The third kappa shape index (κ3) is 2.46. The molecule has 0 aromatic carbocycles. The lowest BCUT2D eigenvalue weighted by Crippen LogP contribution is -2.56. The lowest BCUT2D eigenvalue weighted by atomic mass is 9.99. The van der Waals surface area contributed by atoms with Crippen LogP contribution in [-0.4, -0.2) is 24.4 Å². The topological polar surface area (TPSA) is 58.2 Å². The van der Waals surface area contributed by atoms with Crippen molar-refractivity contribution in [2.45, 2.75) is 25.3 Å². The second-order valence-corrected chi connectivity index (χ2v) is 3.80. The Morgan fingerprint density at radius 1 is 1.40 bits per heavy atom. The van der Waals surface area contributed by atoms with E-state index in [0.29, 0.717) is 6.42 Å². The highest BCUT2D eigenvalue weighted by Gasteiger charge is 2.26. The van der Waals surface area contributed by atoms with Gasteiger partial charge in [-0.1, -0.05) is 18.2 Å². The van der Waals surface area contributed by atoms with Crippen LogP contribution in [0.5, 0.6) is 0 Å². The SMILES string of the molecule is O=C1CNC(=O)C(CC2=CCCC=C2)N1.[HH].[HH]. The molecule has 84 valence electrons. The van der Waals surface area contributed by atoms with E-state index >= 15 is 0 Å². The molecule has 4 heteroatoms. The summed E-state index contributed by atoms with van der Waals surface area (Å²) in [5, 5.41) is 5.26. The Hall–Kier alpha value is -1.58. The zero-order valence-corrected chi connectivity index (χ0v) is 8.45. The number of amides is 2. The summed E-state index contributed by atoms with van der Waals surface area (Å²) in [6, 6.07) is -0.403. The van der Waals surface area contributed by atoms with E-state index < -0.39 is 6.04 Å². The molecule has 1 saturated heterocycles. The molecule has 1 fully saturated rings. The Labute approximate surface area is 91.4 Å². The van der Waals surface area contributed by atoms with Crippen molar-refractivity contribution in [1.29, 1.82) is 0 Å². The number of hydrogen-bond acceptors (Lipinski definition) is 2. The number of piperazine rings is 1. The van der Waals surface area contributed by atoms with Crippen molar-refractivity contribution in [2.75, 3.05) is 6.54 Å². The lowest BCUT2D eigenvalue weighted by molar-refractivity contribution is -0.133. The fourth-order valence-electron chi connectivity index (χ4n) is 1.80. The Morgan fingerprint density at radius 2 is 2.27 bits per heavy atom. The Kier molecular flexibility index (Phi) is 2.85. The normalized spacial score (nSPS) is 25.6. The Bertz CT molecular complexity index is 353. The third-order valence-electron chi connectivity index (χ3n) is 2.59. The minimum Gasteiger partial charge on any atom is -0.345 e. The fraction of sp³-hybridized carbons (Fsp3) is 0.455. The predicted octanol–water partition coefficient (Wildman–Crippen LogP) is 0.759. The van der Waals surface area contributed by atoms with Crippen molar-refractivity contribution in [1.82, 2.24) is 10.6 Å². The van der Waals surface area contributed by atoms with Crippen LogP contribution in [0.3, 0.4) is 0 Å². The molecular weight excluding hydrogens is 192 g/mol. The van der Waals surface area contributed by atoms with Gasteiger partial charge in [0.2, 0.25) is 11.8 Å². The van der Waals surface area contributed by atoms with E-state index in [-0.39, 0.29) is 21.2 Å². The van der Waals surface area contributed by atoms with Crippen LogP contribution in [0.15, 0.2) is 23.8 Å². The van der Waals surface area contributed by atoms with Gasteiger partial charge in [-0.25, -0.2) is 0 Å². The molecular formula is C11H18N2O2. The summed E-state index contributed by atoms with van der Waals surface area (Å²) in [5.41, 5.74) is 1.13. The van der Waals surface area contributed by atoms with E-state index in [1.165, 1.54) is 0 Å². The molecule has 1 aliphatic carbocycles. The molecule has 0 aromatic heterocycles. The maximum absolute atomic E-state index is 11.4. The minimum atomic E-state index is -0.403. The zero-order valence-electron chi connectivity index (χ0n) is 8.45. The summed E-state index contributed by atoms with van der Waals surface area (Å²) in [5.74, 6) is -0.200. The van der Waals surface area contributed by atoms with Gasteiger partial charge in [0.25, 0.3) is 0 Å². The number of rotatable bonds is 2. The lowest BCUT2D eigenvalue weighted by Gasteiger charge is -2.23. The zero-order chi connectivity index (χ0) is 10.7. The van der Waals surface area contributed by atoms with Crippen molar-refractivity contribution in [3.63, 3.8) is 0 Å². The third-order valence-corrected chi connectivity index (χ3v) is 2.59. The number of allylic oxidation sites excluding steroid dienone is 3. The number of hydrogen-bond donors (Lipinski definition) is 2. The first-order valence-corrected chi connectivity index (χ1v) is 5.18. The van der Waals surface area contributed by atoms with Crippen molar-refractivity contribution in [3.8, 4) is 0 Å². The van der Waals surface area contributed by atoms with Crippen LogP contribution in [0.2, 0.25) is 0 Å². The van der Waals surface area contributed by atoms with Crippen LogP contribution in [-0.2, 0) is 9.59 Å². The molecule has 1 unspecified atom stereocenters. The molecule has 2 N–H and O–H groups in total. The number of nitrogens with one attached hydrogen (secondary N) is 2. The average molecular weight is 210 g/mol. The first kappa shape index (κ1) is 9.96. The quantitative estimate of drug-likeness (QED) is 0.707. The fourth-order valence-corrected chi connectivity index (χ4v) is 1.80. The molecule has 0 spiro atoms. The molecule has 1 aliphatic heterocycles. The molecule has 2 amide bonds. The van der Waals surface area contributed by atoms with Gasteiger partial charge < -0.3 is 10.6 Å². The van der Waals surface area contributed by atoms with E-state index in [9.17, 15) is 9.59 Å². The maximum Gasteiger partial charge on any atom is 0.243 e. The van der Waals surface area contributed by atoms with Gasteiger partial charge in [-0.15, -0.1) is 0 Å². The smallest absolute Gasteiger partial charge is 0.243 e. The summed E-state index contributed by atoms with van der Waals surface area (Å²) in [6.07, 6.45) is 8.92. The molecule has 15 heavy (non-hydrogen) atoms. The largest absolute Gasteiger partial charge is 0.345 e. The molecule has 0 aromatic rings. The highest BCUT2D eigenvalue weighted by molar-refractivity contribution is 5.94. The summed E-state index contributed by atoms with van der Waals surface area (Å²) in [7, 11) is 0. The molecule has 2 rings (SSSR count). The molecule has 0 saturated carbocycles. The van der Waals surface area contributed by atoms with Crippen LogP contribution in [0.4, 0.5) is 0 Å². The molecule has 2 aliphatic rings. The molecule has 1 heterocycles. The summed E-state index contributed by atoms with van der Waals surface area (Å²) in [4.78, 5) is 22.5. The van der Waals surface area contributed by atoms with Crippen LogP contribution >= 0.6 is 0 Å². The molecule has 0 bridgehead atoms. The van der Waals surface area contributed by atoms with Crippen LogP contribution < -0.4 is 10.6 Å². The molecule has 0 radical (unpaired) electrons. The first-order valence-electron chi connectivity index (χ1n) is 5.18. The van der Waals surface area contributed by atoms with Crippen molar-refractivity contribution in [3.05, 3.63) is 23.8 Å². The van der Waals surface area contributed by atoms with Crippen LogP contribution in [0.1, 0.15) is 22.1 Å². The van der Waals surface area contributed by atoms with Crippen LogP contribution in [0, 0.1) is 0 Å². The van der Waals surface area contributed by atoms with Crippen molar-refractivity contribution in [2.24, 2.45) is 0 Å². The van der Waals surface area contributed by atoms with E-state index in [4.69, 9.17) is 0 Å². The maximum atomic E-state index is 11.4. The van der Waals surface area contributed by atoms with Crippen molar-refractivity contribution >= 4 is 11.8 Å². The summed E-state index contributed by atoms with van der Waals surface area (Å²) < 4.78 is 0. The van der Waals surface area contributed by atoms with E-state index in [2.05, 4.69) is 22.8 Å². The summed E-state index contributed by atoms with van der Waals surface area (Å²) in [6.45, 7) is 0.101. The van der Waals surface area contributed by atoms with Gasteiger partial charge in [0, 0.05) is 9.27 Å². The minimum absolute atomic E-state index is 0. The second kappa shape index (κ2) is 4.29. The van der Waals surface area contributed by atoms with Gasteiger partial charge in [-0.3, -0.25) is 9.59 Å². The highest BCUT2D eigenvalue weighted by Crippen LogP contribution is 2.15. The van der Waals surface area contributed by atoms with E-state index in [0.717, 1.165) is 18.4 Å². The molecule has 4 nitrogen and oxygen atoms in total. The number of carbonyl (C=O) groups excluding carboxylic acids is 2. The Balaban J connectivity index is 0.00000128. The monoisotopic (exact) mass is 210 g/mol. The van der Waals surface area contributed by atoms with Gasteiger partial charge in [0.05, 0.1) is 6.54 Å². The average Bonchev–Trinajstić information content (AvgIpc) is 2.25. The van der Waals surface area contributed by atoms with Gasteiger partial charge in [-0.05, 0) is 18.4 Å². The second-order valence-electron chi connectivity index (χ2n) is 3.80. The van der Waals surface area contributed by atoms with Gasteiger partial charge in [-0.2, -0.15) is 0 Å². The van der Waals surface area contributed by atoms with Gasteiger partial charge in [0.15, 0.2) is 0 Å². The predicted molar refractivity (Wildman–Crippen MR) is 60.2 cm³/mol. The highest BCUT2D eigenvalue weighted by atomic mass is 16.2. The first-order chi connectivity index (χ1) is 7.25. The van der Waals surface area contributed by atoms with Crippen LogP contribution in [0.25, 0.3) is 0 Å². The Morgan fingerprint density at radius 3 is 3.00 bits per heavy atom. The number of carbonyl (C=O) groups is 2. The summed E-state index contributed by atoms with van der Waals surface area (Å²) >= 11 is 0. The standard InChI is InChI=1S/C11H14N2O2.2H2/c14-10-7-12-11(15)9(13-10)6-8-4-2-1-3-5-8;;/h2,4-5,9H,1,3,6-7H2,(H,12,15)(H,13,14);2*1H. The van der Waals surface area contributed by atoms with Gasteiger partial charge in [0.1, 0.15) is 6.04 Å². The van der Waals surface area contributed by atoms with Crippen molar-refractivity contribution < 1.29 is 12.4 Å².